The van der Waals surface area contributed by atoms with Crippen LogP contribution in [0.15, 0.2) is 54.4 Å². The van der Waals surface area contributed by atoms with Crippen molar-refractivity contribution in [3.63, 3.8) is 0 Å². The second-order valence-corrected chi connectivity index (χ2v) is 5.20. The molecule has 1 atom stereocenters. The number of allylic oxidation sites excluding steroid dienone is 4. The largest absolute Gasteiger partial charge is 0.371 e. The molecule has 0 aromatic carbocycles. The van der Waals surface area contributed by atoms with Crippen molar-refractivity contribution < 1.29 is 0 Å². The highest BCUT2D eigenvalue weighted by Gasteiger charge is 2.14. The Morgan fingerprint density at radius 2 is 2.05 bits per heavy atom. The Morgan fingerprint density at radius 3 is 2.60 bits per heavy atom. The van der Waals surface area contributed by atoms with Gasteiger partial charge in [0.05, 0.1) is 11.7 Å². The number of likely N-dealkylation sites (N-methyl/N-ethyl adjacent to an activating group) is 1. The molecule has 0 radical (unpaired) electrons. The first-order valence-electron chi connectivity index (χ1n) is 7.14. The van der Waals surface area contributed by atoms with Crippen LogP contribution in [-0.2, 0) is 0 Å². The van der Waals surface area contributed by atoms with E-state index in [0.29, 0.717) is 0 Å². The Balaban J connectivity index is 2.81. The molecule has 1 aromatic rings. The van der Waals surface area contributed by atoms with E-state index in [0.717, 1.165) is 17.7 Å². The van der Waals surface area contributed by atoms with Gasteiger partial charge in [0, 0.05) is 18.9 Å². The summed E-state index contributed by atoms with van der Waals surface area (Å²) in [6.45, 7) is 12.8. The molecule has 1 rings (SSSR count). The second kappa shape index (κ2) is 7.68. The summed E-state index contributed by atoms with van der Waals surface area (Å²) in [6.07, 6.45) is 7.25. The van der Waals surface area contributed by atoms with Crippen molar-refractivity contribution in [1.29, 1.82) is 0 Å². The summed E-state index contributed by atoms with van der Waals surface area (Å²) in [5.74, 6) is 0. The van der Waals surface area contributed by atoms with Crippen molar-refractivity contribution in [2.45, 2.75) is 40.2 Å². The van der Waals surface area contributed by atoms with Crippen LogP contribution in [0.4, 0.5) is 0 Å². The highest BCUT2D eigenvalue weighted by atomic mass is 15.1. The molecule has 0 N–H and O–H groups in total. The molecule has 0 aliphatic rings. The minimum Gasteiger partial charge on any atom is -0.371 e. The van der Waals surface area contributed by atoms with Crippen LogP contribution in [-0.4, -0.2) is 23.0 Å². The molecule has 108 valence electrons. The molecule has 20 heavy (non-hydrogen) atoms. The first-order valence-corrected chi connectivity index (χ1v) is 7.14. The van der Waals surface area contributed by atoms with Crippen molar-refractivity contribution in [1.82, 2.24) is 9.88 Å². The fraction of sp³-hybridized carbons (Fsp3) is 0.389. The molecule has 0 aliphatic carbocycles. The standard InChI is InChI=1S/C18H26N2/c1-7-14(2)11-12-15(3)20(6)17(5)16(4)18-10-8-9-13-19-18/h8-13,17H,4,7H2,1-3,5-6H3/b14-11-,15-12+. The van der Waals surface area contributed by atoms with Gasteiger partial charge in [0.1, 0.15) is 0 Å². The lowest BCUT2D eigenvalue weighted by molar-refractivity contribution is 0.382. The van der Waals surface area contributed by atoms with Crippen LogP contribution < -0.4 is 0 Å². The van der Waals surface area contributed by atoms with Gasteiger partial charge in [-0.1, -0.05) is 31.2 Å². The van der Waals surface area contributed by atoms with E-state index in [1.54, 1.807) is 0 Å². The normalized spacial score (nSPS) is 14.1. The maximum absolute atomic E-state index is 4.37. The summed E-state index contributed by atoms with van der Waals surface area (Å²) in [6, 6.07) is 6.15. The number of hydrogen-bond donors (Lipinski definition) is 0. The molecule has 0 fully saturated rings. The van der Waals surface area contributed by atoms with Gasteiger partial charge in [-0.05, 0) is 51.0 Å². The lowest BCUT2D eigenvalue weighted by Crippen LogP contribution is -2.28. The molecule has 0 amide bonds. The second-order valence-electron chi connectivity index (χ2n) is 5.20. The molecular formula is C18H26N2. The van der Waals surface area contributed by atoms with Crippen LogP contribution in [0.3, 0.4) is 0 Å². The molecule has 0 aliphatic heterocycles. The molecule has 0 saturated carbocycles. The smallest absolute Gasteiger partial charge is 0.0676 e. The molecular weight excluding hydrogens is 244 g/mol. The molecule has 1 heterocycles. The summed E-state index contributed by atoms with van der Waals surface area (Å²) >= 11 is 0. The van der Waals surface area contributed by atoms with Gasteiger partial charge in [0.15, 0.2) is 0 Å². The molecule has 1 aromatic heterocycles. The molecule has 0 bridgehead atoms. The van der Waals surface area contributed by atoms with Crippen molar-refractivity contribution in [2.24, 2.45) is 0 Å². The third-order valence-electron chi connectivity index (χ3n) is 3.80. The summed E-state index contributed by atoms with van der Waals surface area (Å²) in [4.78, 5) is 6.60. The lowest BCUT2D eigenvalue weighted by Gasteiger charge is -2.29. The number of aromatic nitrogens is 1. The van der Waals surface area contributed by atoms with Crippen LogP contribution >= 0.6 is 0 Å². The summed E-state index contributed by atoms with van der Waals surface area (Å²) in [5, 5.41) is 0. The average molecular weight is 270 g/mol. The summed E-state index contributed by atoms with van der Waals surface area (Å²) in [5.41, 5.74) is 4.60. The van der Waals surface area contributed by atoms with E-state index in [-0.39, 0.29) is 6.04 Å². The molecule has 2 nitrogen and oxygen atoms in total. The number of hydrogen-bond acceptors (Lipinski definition) is 2. The maximum Gasteiger partial charge on any atom is 0.0676 e. The Morgan fingerprint density at radius 1 is 1.35 bits per heavy atom. The molecule has 0 saturated heterocycles. The average Bonchev–Trinajstić information content (AvgIpc) is 2.50. The first-order chi connectivity index (χ1) is 9.47. The van der Waals surface area contributed by atoms with Gasteiger partial charge in [-0.2, -0.15) is 0 Å². The lowest BCUT2D eigenvalue weighted by atomic mass is 10.0. The summed E-state index contributed by atoms with van der Waals surface area (Å²) < 4.78 is 0. The van der Waals surface area contributed by atoms with Gasteiger partial charge < -0.3 is 4.90 Å². The topological polar surface area (TPSA) is 16.1 Å². The molecule has 1 unspecified atom stereocenters. The predicted octanol–water partition coefficient (Wildman–Crippen LogP) is 4.68. The van der Waals surface area contributed by atoms with Crippen molar-refractivity contribution in [3.05, 3.63) is 60.1 Å². The predicted molar refractivity (Wildman–Crippen MR) is 88.3 cm³/mol. The van der Waals surface area contributed by atoms with Crippen LogP contribution in [0.2, 0.25) is 0 Å². The van der Waals surface area contributed by atoms with E-state index in [2.05, 4.69) is 63.4 Å². The Hall–Kier alpha value is -1.83. The van der Waals surface area contributed by atoms with E-state index in [4.69, 9.17) is 0 Å². The van der Waals surface area contributed by atoms with Gasteiger partial charge >= 0.3 is 0 Å². The minimum atomic E-state index is 0.219. The molecule has 0 spiro atoms. The van der Waals surface area contributed by atoms with Crippen LogP contribution in [0.5, 0.6) is 0 Å². The fourth-order valence-electron chi connectivity index (χ4n) is 1.80. The zero-order valence-corrected chi connectivity index (χ0v) is 13.4. The van der Waals surface area contributed by atoms with E-state index < -0.39 is 0 Å². The monoisotopic (exact) mass is 270 g/mol. The van der Waals surface area contributed by atoms with Crippen molar-refractivity contribution >= 4 is 5.57 Å². The quantitative estimate of drug-likeness (QED) is 0.698. The highest BCUT2D eigenvalue weighted by Crippen LogP contribution is 2.20. The first kappa shape index (κ1) is 16.2. The van der Waals surface area contributed by atoms with Gasteiger partial charge in [0.25, 0.3) is 0 Å². The maximum atomic E-state index is 4.37. The minimum absolute atomic E-state index is 0.219. The van der Waals surface area contributed by atoms with Crippen molar-refractivity contribution in [3.8, 4) is 0 Å². The zero-order valence-electron chi connectivity index (χ0n) is 13.4. The number of rotatable bonds is 6. The van der Waals surface area contributed by atoms with Crippen molar-refractivity contribution in [2.75, 3.05) is 7.05 Å². The fourth-order valence-corrected chi connectivity index (χ4v) is 1.80. The Kier molecular flexibility index (Phi) is 6.23. The van der Waals surface area contributed by atoms with E-state index in [1.165, 1.54) is 11.3 Å². The van der Waals surface area contributed by atoms with Crippen LogP contribution in [0.1, 0.15) is 39.8 Å². The summed E-state index contributed by atoms with van der Waals surface area (Å²) in [7, 11) is 2.10. The highest BCUT2D eigenvalue weighted by molar-refractivity contribution is 5.64. The van der Waals surface area contributed by atoms with Crippen LogP contribution in [0, 0.1) is 0 Å². The van der Waals surface area contributed by atoms with E-state index in [9.17, 15) is 0 Å². The zero-order chi connectivity index (χ0) is 15.1. The van der Waals surface area contributed by atoms with Gasteiger partial charge in [-0.15, -0.1) is 0 Å². The SMILES string of the molecule is C=C(c1ccccn1)C(C)N(C)/C(C)=C/C=C(/C)CC. The number of pyridine rings is 1. The van der Waals surface area contributed by atoms with Gasteiger partial charge in [-0.25, -0.2) is 0 Å². The van der Waals surface area contributed by atoms with E-state index in [1.807, 2.05) is 24.4 Å². The van der Waals surface area contributed by atoms with Crippen LogP contribution in [0.25, 0.3) is 5.57 Å². The van der Waals surface area contributed by atoms with E-state index >= 15 is 0 Å². The Labute approximate surface area is 123 Å². The molecule has 2 heteroatoms. The number of nitrogens with zero attached hydrogens (tertiary/aromatic N) is 2. The third kappa shape index (κ3) is 4.37. The third-order valence-corrected chi connectivity index (χ3v) is 3.80. The van der Waals surface area contributed by atoms with Gasteiger partial charge in [-0.3, -0.25) is 4.98 Å². The van der Waals surface area contributed by atoms with Gasteiger partial charge in [0.2, 0.25) is 0 Å². The Bertz CT molecular complexity index is 497.